The summed E-state index contributed by atoms with van der Waals surface area (Å²) in [6.07, 6.45) is 0. The molecule has 0 radical (unpaired) electrons. The van der Waals surface area contributed by atoms with Crippen LogP contribution in [0.5, 0.6) is 0 Å². The van der Waals surface area contributed by atoms with Crippen molar-refractivity contribution in [2.45, 2.75) is 10.6 Å². The molecule has 1 nitrogen and oxygen atoms in total. The average molecular weight is 294 g/mol. The van der Waals surface area contributed by atoms with E-state index in [0.717, 1.165) is 10.5 Å². The van der Waals surface area contributed by atoms with Gasteiger partial charge in [-0.15, -0.1) is 11.8 Å². The number of hydrogen-bond donors (Lipinski definition) is 0. The molecule has 0 atom stereocenters. The highest BCUT2D eigenvalue weighted by atomic mass is 35.5. The first kappa shape index (κ1) is 13.3. The van der Waals surface area contributed by atoms with Gasteiger partial charge in [-0.3, -0.25) is 0 Å². The molecule has 0 N–H and O–H groups in total. The van der Waals surface area contributed by atoms with Crippen molar-refractivity contribution < 1.29 is 0 Å². The Morgan fingerprint density at radius 2 is 1.89 bits per heavy atom. The Hall–Kier alpha value is -1.14. The zero-order valence-electron chi connectivity index (χ0n) is 9.36. The minimum Gasteiger partial charge on any atom is -0.192 e. The van der Waals surface area contributed by atoms with Crippen LogP contribution >= 0.6 is 35.0 Å². The fourth-order valence-corrected chi connectivity index (χ4v) is 3.00. The Labute approximate surface area is 120 Å². The molecule has 0 saturated carbocycles. The first-order valence-electron chi connectivity index (χ1n) is 5.26. The lowest BCUT2D eigenvalue weighted by Crippen LogP contribution is -1.87. The van der Waals surface area contributed by atoms with Crippen LogP contribution in [0, 0.1) is 11.3 Å². The van der Waals surface area contributed by atoms with E-state index in [0.29, 0.717) is 21.4 Å². The standard InChI is InChI=1S/C14H9Cl2NS/c15-12-5-6-13(16)14(7-12)18-9-11-4-2-1-3-10(11)8-17/h1-7H,9H2. The van der Waals surface area contributed by atoms with E-state index in [4.69, 9.17) is 28.5 Å². The first-order valence-corrected chi connectivity index (χ1v) is 7.00. The zero-order valence-corrected chi connectivity index (χ0v) is 11.7. The van der Waals surface area contributed by atoms with Crippen LogP contribution in [0.15, 0.2) is 47.4 Å². The normalized spacial score (nSPS) is 10.1. The minimum absolute atomic E-state index is 0.662. The molecule has 2 rings (SSSR count). The van der Waals surface area contributed by atoms with E-state index >= 15 is 0 Å². The summed E-state index contributed by atoms with van der Waals surface area (Å²) in [5, 5.41) is 10.3. The third-order valence-corrected chi connectivity index (χ3v) is 4.20. The number of benzene rings is 2. The molecule has 0 amide bonds. The summed E-state index contributed by atoms with van der Waals surface area (Å²) in [6.45, 7) is 0. The molecule has 0 heterocycles. The number of rotatable bonds is 3. The van der Waals surface area contributed by atoms with Gasteiger partial charge in [0.15, 0.2) is 0 Å². The van der Waals surface area contributed by atoms with Gasteiger partial charge in [0.05, 0.1) is 16.7 Å². The molecular formula is C14H9Cl2NS. The van der Waals surface area contributed by atoms with Gasteiger partial charge in [0.2, 0.25) is 0 Å². The quantitative estimate of drug-likeness (QED) is 0.730. The van der Waals surface area contributed by atoms with E-state index in [1.165, 1.54) is 0 Å². The van der Waals surface area contributed by atoms with Crippen LogP contribution in [0.3, 0.4) is 0 Å². The largest absolute Gasteiger partial charge is 0.192 e. The van der Waals surface area contributed by atoms with Crippen molar-refractivity contribution in [3.05, 3.63) is 63.6 Å². The van der Waals surface area contributed by atoms with Crippen LogP contribution in [-0.4, -0.2) is 0 Å². The van der Waals surface area contributed by atoms with Crippen molar-refractivity contribution in [3.8, 4) is 6.07 Å². The molecule has 0 bridgehead atoms. The fourth-order valence-electron chi connectivity index (χ4n) is 1.50. The molecule has 2 aromatic rings. The average Bonchev–Trinajstić information content (AvgIpc) is 2.40. The summed E-state index contributed by atoms with van der Waals surface area (Å²) in [5.74, 6) is 0.698. The molecule has 0 spiro atoms. The monoisotopic (exact) mass is 293 g/mol. The predicted octanol–water partition coefficient (Wildman–Crippen LogP) is 5.16. The maximum atomic E-state index is 9.01. The highest BCUT2D eigenvalue weighted by molar-refractivity contribution is 7.98. The number of nitriles is 1. The zero-order chi connectivity index (χ0) is 13.0. The molecule has 4 heteroatoms. The van der Waals surface area contributed by atoms with E-state index in [9.17, 15) is 0 Å². The van der Waals surface area contributed by atoms with Gasteiger partial charge >= 0.3 is 0 Å². The SMILES string of the molecule is N#Cc1ccccc1CSc1cc(Cl)ccc1Cl. The van der Waals surface area contributed by atoms with Crippen molar-refractivity contribution in [2.75, 3.05) is 0 Å². The van der Waals surface area contributed by atoms with Gasteiger partial charge in [-0.25, -0.2) is 0 Å². The second-order valence-corrected chi connectivity index (χ2v) is 5.49. The summed E-state index contributed by atoms with van der Waals surface area (Å²) >= 11 is 13.6. The molecule has 18 heavy (non-hydrogen) atoms. The van der Waals surface area contributed by atoms with E-state index in [1.54, 1.807) is 23.9 Å². The molecule has 0 unspecified atom stereocenters. The third kappa shape index (κ3) is 3.20. The van der Waals surface area contributed by atoms with Crippen molar-refractivity contribution in [2.24, 2.45) is 0 Å². The highest BCUT2D eigenvalue weighted by Crippen LogP contribution is 2.32. The van der Waals surface area contributed by atoms with Gasteiger partial charge in [-0.2, -0.15) is 5.26 Å². The number of thioether (sulfide) groups is 1. The van der Waals surface area contributed by atoms with Crippen LogP contribution in [-0.2, 0) is 5.75 Å². The fraction of sp³-hybridized carbons (Fsp3) is 0.0714. The lowest BCUT2D eigenvalue weighted by molar-refractivity contribution is 1.34. The second-order valence-electron chi connectivity index (χ2n) is 3.63. The van der Waals surface area contributed by atoms with Crippen LogP contribution in [0.25, 0.3) is 0 Å². The molecule has 0 fully saturated rings. The smallest absolute Gasteiger partial charge is 0.0994 e. The van der Waals surface area contributed by atoms with Crippen LogP contribution in [0.4, 0.5) is 0 Å². The Morgan fingerprint density at radius 3 is 2.67 bits per heavy atom. The van der Waals surface area contributed by atoms with Crippen LogP contribution in [0.1, 0.15) is 11.1 Å². The van der Waals surface area contributed by atoms with Crippen molar-refractivity contribution in [3.63, 3.8) is 0 Å². The van der Waals surface area contributed by atoms with Gasteiger partial charge < -0.3 is 0 Å². The Bertz CT molecular complexity index is 605. The Balaban J connectivity index is 2.17. The van der Waals surface area contributed by atoms with E-state index in [1.807, 2.05) is 30.3 Å². The second kappa shape index (κ2) is 6.15. The highest BCUT2D eigenvalue weighted by Gasteiger charge is 2.05. The topological polar surface area (TPSA) is 23.8 Å². The lowest BCUT2D eigenvalue weighted by Gasteiger charge is -2.06. The number of hydrogen-bond acceptors (Lipinski definition) is 2. The molecule has 0 aliphatic carbocycles. The van der Waals surface area contributed by atoms with Gasteiger partial charge in [0, 0.05) is 15.7 Å². The number of nitrogens with zero attached hydrogens (tertiary/aromatic N) is 1. The van der Waals surface area contributed by atoms with E-state index in [2.05, 4.69) is 6.07 Å². The molecule has 0 aromatic heterocycles. The summed E-state index contributed by atoms with van der Waals surface area (Å²) in [4.78, 5) is 0.928. The van der Waals surface area contributed by atoms with Crippen LogP contribution < -0.4 is 0 Å². The summed E-state index contributed by atoms with van der Waals surface area (Å²) in [6, 6.07) is 15.1. The van der Waals surface area contributed by atoms with Crippen LogP contribution in [0.2, 0.25) is 10.0 Å². The molecular weight excluding hydrogens is 285 g/mol. The third-order valence-electron chi connectivity index (χ3n) is 2.41. The van der Waals surface area contributed by atoms with Crippen molar-refractivity contribution in [1.29, 1.82) is 5.26 Å². The summed E-state index contributed by atoms with van der Waals surface area (Å²) < 4.78 is 0. The molecule has 0 aliphatic heterocycles. The maximum absolute atomic E-state index is 9.01. The summed E-state index contributed by atoms with van der Waals surface area (Å²) in [7, 11) is 0. The molecule has 2 aromatic carbocycles. The van der Waals surface area contributed by atoms with E-state index in [-0.39, 0.29) is 0 Å². The maximum Gasteiger partial charge on any atom is 0.0994 e. The minimum atomic E-state index is 0.662. The Morgan fingerprint density at radius 1 is 1.11 bits per heavy atom. The van der Waals surface area contributed by atoms with E-state index < -0.39 is 0 Å². The van der Waals surface area contributed by atoms with Gasteiger partial charge in [-0.05, 0) is 29.8 Å². The molecule has 0 saturated heterocycles. The van der Waals surface area contributed by atoms with Crippen molar-refractivity contribution in [1.82, 2.24) is 0 Å². The first-order chi connectivity index (χ1) is 8.70. The Kier molecular flexibility index (Phi) is 4.54. The predicted molar refractivity (Wildman–Crippen MR) is 77.2 cm³/mol. The lowest BCUT2D eigenvalue weighted by atomic mass is 10.1. The molecule has 0 aliphatic rings. The summed E-state index contributed by atoms with van der Waals surface area (Å²) in [5.41, 5.74) is 1.70. The van der Waals surface area contributed by atoms with Gasteiger partial charge in [-0.1, -0.05) is 41.4 Å². The molecule has 90 valence electrons. The van der Waals surface area contributed by atoms with Gasteiger partial charge in [0.1, 0.15) is 0 Å². The van der Waals surface area contributed by atoms with Gasteiger partial charge in [0.25, 0.3) is 0 Å². The van der Waals surface area contributed by atoms with Crippen molar-refractivity contribution >= 4 is 35.0 Å². The number of halogens is 2.